The van der Waals surface area contributed by atoms with Gasteiger partial charge in [-0.25, -0.2) is 0 Å². The lowest BCUT2D eigenvalue weighted by atomic mass is 9.99. The van der Waals surface area contributed by atoms with Crippen LogP contribution in [0.15, 0.2) is 24.3 Å². The average Bonchev–Trinajstić information content (AvgIpc) is 3.21. The van der Waals surface area contributed by atoms with Crippen LogP contribution in [0, 0.1) is 5.92 Å². The minimum Gasteiger partial charge on any atom is -0.394 e. The zero-order chi connectivity index (χ0) is 41.9. The average molecular weight is 812 g/mol. The van der Waals surface area contributed by atoms with Crippen LogP contribution in [-0.2, 0) is 14.3 Å². The van der Waals surface area contributed by atoms with Crippen molar-refractivity contribution in [3.63, 3.8) is 0 Å². The van der Waals surface area contributed by atoms with Gasteiger partial charge in [0.15, 0.2) is 6.29 Å². The predicted molar refractivity (Wildman–Crippen MR) is 232 cm³/mol. The maximum atomic E-state index is 13.0. The summed E-state index contributed by atoms with van der Waals surface area (Å²) in [7, 11) is 0. The van der Waals surface area contributed by atoms with Crippen molar-refractivity contribution in [2.45, 2.75) is 250 Å². The molecule has 336 valence electrons. The molecule has 0 aromatic rings. The van der Waals surface area contributed by atoms with E-state index in [2.05, 4.69) is 38.2 Å². The van der Waals surface area contributed by atoms with Gasteiger partial charge in [0.25, 0.3) is 0 Å². The Morgan fingerprint density at radius 1 is 0.649 bits per heavy atom. The summed E-state index contributed by atoms with van der Waals surface area (Å²) >= 11 is 0. The van der Waals surface area contributed by atoms with E-state index in [1.807, 2.05) is 6.08 Å². The molecule has 0 aromatic carbocycles. The Hall–Kier alpha value is -1.37. The number of ether oxygens (including phenoxy) is 2. The van der Waals surface area contributed by atoms with Gasteiger partial charge in [-0.1, -0.05) is 180 Å². The Morgan fingerprint density at radius 3 is 1.63 bits per heavy atom. The number of amides is 1. The van der Waals surface area contributed by atoms with Gasteiger partial charge in [-0.15, -0.1) is 0 Å². The van der Waals surface area contributed by atoms with Crippen molar-refractivity contribution < 1.29 is 44.9 Å². The smallest absolute Gasteiger partial charge is 0.249 e. The molecule has 0 aliphatic carbocycles. The molecule has 0 aromatic heterocycles. The van der Waals surface area contributed by atoms with Gasteiger partial charge in [-0.3, -0.25) is 4.79 Å². The van der Waals surface area contributed by atoms with Crippen LogP contribution in [0.5, 0.6) is 0 Å². The first-order chi connectivity index (χ1) is 27.7. The number of aliphatic hydroxyl groups is 6. The molecule has 1 rings (SSSR count). The van der Waals surface area contributed by atoms with Crippen LogP contribution in [0.2, 0.25) is 0 Å². The second-order valence-corrected chi connectivity index (χ2v) is 16.9. The van der Waals surface area contributed by atoms with Crippen molar-refractivity contribution in [2.75, 3.05) is 13.2 Å². The van der Waals surface area contributed by atoms with E-state index >= 15 is 0 Å². The molecular weight excluding hydrogens is 723 g/mol. The maximum absolute atomic E-state index is 13.0. The van der Waals surface area contributed by atoms with Crippen molar-refractivity contribution >= 4 is 5.91 Å². The third-order valence-electron chi connectivity index (χ3n) is 11.7. The molecule has 0 bridgehead atoms. The second-order valence-electron chi connectivity index (χ2n) is 16.9. The minimum absolute atomic E-state index is 0.306. The largest absolute Gasteiger partial charge is 0.394 e. The van der Waals surface area contributed by atoms with Gasteiger partial charge in [0, 0.05) is 0 Å². The van der Waals surface area contributed by atoms with Gasteiger partial charge in [0.1, 0.15) is 30.5 Å². The monoisotopic (exact) mass is 812 g/mol. The molecule has 1 aliphatic heterocycles. The summed E-state index contributed by atoms with van der Waals surface area (Å²) < 4.78 is 11.1. The molecule has 9 atom stereocenters. The number of carbonyl (C=O) groups is 1. The number of carbonyl (C=O) groups excluding carboxylic acids is 1. The molecule has 1 saturated heterocycles. The Morgan fingerprint density at radius 2 is 1.12 bits per heavy atom. The van der Waals surface area contributed by atoms with Gasteiger partial charge in [-0.2, -0.15) is 0 Å². The Labute approximate surface area is 348 Å². The second kappa shape index (κ2) is 36.5. The van der Waals surface area contributed by atoms with E-state index in [9.17, 15) is 35.4 Å². The summed E-state index contributed by atoms with van der Waals surface area (Å²) in [6, 6.07) is -0.979. The third-order valence-corrected chi connectivity index (χ3v) is 11.7. The SMILES string of the molecule is CCCCCCCCC=CCCCCCCCCCCCCC(O)C(=O)NC(COC1OC(CO)C(O)C(O)C1O)C(O)C=CCCCCCCCCC(C)CC. The molecule has 1 fully saturated rings. The Balaban J connectivity index is 2.37. The number of allylic oxidation sites excluding steroid dienone is 3. The van der Waals surface area contributed by atoms with Gasteiger partial charge in [0.05, 0.1) is 25.4 Å². The molecule has 0 saturated carbocycles. The summed E-state index contributed by atoms with van der Waals surface area (Å²) in [5, 5.41) is 64.6. The van der Waals surface area contributed by atoms with Crippen molar-refractivity contribution in [2.24, 2.45) is 5.92 Å². The van der Waals surface area contributed by atoms with Crippen LogP contribution in [0.25, 0.3) is 0 Å². The minimum atomic E-state index is -1.61. The van der Waals surface area contributed by atoms with Crippen molar-refractivity contribution in [1.82, 2.24) is 5.32 Å². The molecule has 1 amide bonds. The molecule has 1 heterocycles. The number of unbranched alkanes of at least 4 members (excludes halogenated alkanes) is 22. The lowest BCUT2D eigenvalue weighted by Gasteiger charge is -2.40. The molecule has 10 heteroatoms. The van der Waals surface area contributed by atoms with Crippen molar-refractivity contribution in [3.05, 3.63) is 24.3 Å². The highest BCUT2D eigenvalue weighted by molar-refractivity contribution is 5.80. The summed E-state index contributed by atoms with van der Waals surface area (Å²) in [6.07, 6.45) is 31.3. The zero-order valence-corrected chi connectivity index (χ0v) is 36.6. The predicted octanol–water partition coefficient (Wildman–Crippen LogP) is 8.72. The fraction of sp³-hybridized carbons (Fsp3) is 0.894. The van der Waals surface area contributed by atoms with Crippen LogP contribution in [0.1, 0.15) is 201 Å². The molecule has 1 aliphatic rings. The first-order valence-corrected chi connectivity index (χ1v) is 23.6. The van der Waals surface area contributed by atoms with E-state index in [4.69, 9.17) is 9.47 Å². The fourth-order valence-electron chi connectivity index (χ4n) is 7.37. The summed E-state index contributed by atoms with van der Waals surface area (Å²) in [5.41, 5.74) is 0. The van der Waals surface area contributed by atoms with Crippen molar-refractivity contribution in [3.8, 4) is 0 Å². The maximum Gasteiger partial charge on any atom is 0.249 e. The Kier molecular flexibility index (Phi) is 34.3. The van der Waals surface area contributed by atoms with Gasteiger partial charge in [-0.05, 0) is 50.9 Å². The van der Waals surface area contributed by atoms with E-state index in [1.54, 1.807) is 6.08 Å². The number of aliphatic hydroxyl groups excluding tert-OH is 6. The molecule has 7 N–H and O–H groups in total. The highest BCUT2D eigenvalue weighted by Gasteiger charge is 2.44. The topological polar surface area (TPSA) is 169 Å². The van der Waals surface area contributed by atoms with E-state index < -0.39 is 61.5 Å². The number of hydrogen-bond donors (Lipinski definition) is 7. The molecule has 0 spiro atoms. The van der Waals surface area contributed by atoms with Crippen LogP contribution in [0.3, 0.4) is 0 Å². The third kappa shape index (κ3) is 27.2. The highest BCUT2D eigenvalue weighted by Crippen LogP contribution is 2.23. The lowest BCUT2D eigenvalue weighted by molar-refractivity contribution is -0.302. The highest BCUT2D eigenvalue weighted by atomic mass is 16.7. The van der Waals surface area contributed by atoms with Crippen LogP contribution in [-0.4, -0.2) is 98.7 Å². The molecule has 57 heavy (non-hydrogen) atoms. The fourth-order valence-corrected chi connectivity index (χ4v) is 7.37. The van der Waals surface area contributed by atoms with E-state index in [-0.39, 0.29) is 6.61 Å². The summed E-state index contributed by atoms with van der Waals surface area (Å²) in [6.45, 7) is 5.91. The quantitative estimate of drug-likeness (QED) is 0.0238. The lowest BCUT2D eigenvalue weighted by Crippen LogP contribution is -2.60. The standard InChI is InChI=1S/C47H89NO9/c1-4-6-7-8-9-10-11-12-13-14-15-16-17-18-19-20-21-26-29-32-35-41(51)46(55)48-39(37-56-47-45(54)44(53)43(52)42(36-49)57-47)40(50)34-31-28-25-23-22-24-27-30-33-38(3)5-2/h12-13,31,34,38-45,47,49-54H,4-11,14-30,32-33,35-37H2,1-3H3,(H,48,55). The zero-order valence-electron chi connectivity index (χ0n) is 36.6. The number of nitrogens with one attached hydrogen (secondary N) is 1. The van der Waals surface area contributed by atoms with Crippen LogP contribution in [0.4, 0.5) is 0 Å². The molecular formula is C47H89NO9. The summed E-state index contributed by atoms with van der Waals surface area (Å²) in [5.74, 6) is 0.180. The number of rotatable bonds is 38. The van der Waals surface area contributed by atoms with E-state index in [1.165, 1.54) is 128 Å². The van der Waals surface area contributed by atoms with Gasteiger partial charge >= 0.3 is 0 Å². The van der Waals surface area contributed by atoms with Crippen LogP contribution < -0.4 is 5.32 Å². The van der Waals surface area contributed by atoms with E-state index in [0.717, 1.165) is 44.4 Å². The molecule has 9 unspecified atom stereocenters. The summed E-state index contributed by atoms with van der Waals surface area (Å²) in [4.78, 5) is 13.0. The van der Waals surface area contributed by atoms with Gasteiger partial charge in [0.2, 0.25) is 5.91 Å². The first kappa shape index (κ1) is 53.6. The first-order valence-electron chi connectivity index (χ1n) is 23.6. The molecule has 0 radical (unpaired) electrons. The normalized spacial score (nSPS) is 22.3. The van der Waals surface area contributed by atoms with E-state index in [0.29, 0.717) is 12.8 Å². The van der Waals surface area contributed by atoms with Crippen LogP contribution >= 0.6 is 0 Å². The van der Waals surface area contributed by atoms with Gasteiger partial charge < -0.3 is 45.4 Å². The molecule has 10 nitrogen and oxygen atoms in total. The number of hydrogen-bond acceptors (Lipinski definition) is 9. The Bertz CT molecular complexity index is 979. The van der Waals surface area contributed by atoms with Crippen molar-refractivity contribution in [1.29, 1.82) is 0 Å².